The van der Waals surface area contributed by atoms with Gasteiger partial charge in [-0.1, -0.05) is 11.6 Å². The molecule has 0 unspecified atom stereocenters. The van der Waals surface area contributed by atoms with Crippen LogP contribution < -0.4 is 0 Å². The second-order valence-electron chi connectivity index (χ2n) is 3.87. The van der Waals surface area contributed by atoms with Gasteiger partial charge in [0.15, 0.2) is 11.4 Å². The summed E-state index contributed by atoms with van der Waals surface area (Å²) in [4.78, 5) is 23.0. The third kappa shape index (κ3) is 3.54. The molecule has 0 amide bonds. The molecule has 0 aliphatic heterocycles. The quantitative estimate of drug-likeness (QED) is 0.659. The Hall–Kier alpha value is -1.39. The van der Waals surface area contributed by atoms with Crippen LogP contribution in [-0.2, 0) is 9.53 Å². The minimum Gasteiger partial charge on any atom is -0.467 e. The Balaban J connectivity index is 2.79. The number of Topliss-reactive ketones (excluding diaryl/α,β-unsaturated/α-hetero) is 1. The zero-order valence-corrected chi connectivity index (χ0v) is 10.3. The van der Waals surface area contributed by atoms with Gasteiger partial charge in [-0.2, -0.15) is 0 Å². The summed E-state index contributed by atoms with van der Waals surface area (Å²) in [6.07, 6.45) is -0.332. The lowest BCUT2D eigenvalue weighted by Gasteiger charge is -2.19. The number of methoxy groups -OCH3 is 1. The molecule has 1 rings (SSSR count). The van der Waals surface area contributed by atoms with Crippen LogP contribution >= 0.6 is 11.6 Å². The summed E-state index contributed by atoms with van der Waals surface area (Å²) in [5.41, 5.74) is -1.43. The van der Waals surface area contributed by atoms with Crippen LogP contribution in [-0.4, -0.2) is 29.6 Å². The topological polar surface area (TPSA) is 63.6 Å². The van der Waals surface area contributed by atoms with Crippen molar-refractivity contribution < 1.29 is 19.4 Å². The Bertz CT molecular complexity index is 423. The van der Waals surface area contributed by atoms with E-state index < -0.39 is 11.6 Å². The summed E-state index contributed by atoms with van der Waals surface area (Å²) in [7, 11) is 1.16. The highest BCUT2D eigenvalue weighted by atomic mass is 35.5. The molecule has 4 nitrogen and oxygen atoms in total. The number of benzene rings is 1. The molecule has 0 fully saturated rings. The average molecular weight is 257 g/mol. The second kappa shape index (κ2) is 5.29. The molecular weight excluding hydrogens is 244 g/mol. The number of esters is 1. The Morgan fingerprint density at radius 1 is 1.35 bits per heavy atom. The first kappa shape index (κ1) is 13.7. The highest BCUT2D eigenvalue weighted by Gasteiger charge is 2.34. The van der Waals surface area contributed by atoms with Crippen LogP contribution in [0.3, 0.4) is 0 Å². The van der Waals surface area contributed by atoms with Crippen molar-refractivity contribution in [3.8, 4) is 0 Å². The van der Waals surface area contributed by atoms with Crippen molar-refractivity contribution in [2.24, 2.45) is 0 Å². The lowest BCUT2D eigenvalue weighted by molar-refractivity contribution is -0.160. The van der Waals surface area contributed by atoms with Gasteiger partial charge >= 0.3 is 5.97 Å². The van der Waals surface area contributed by atoms with Crippen molar-refractivity contribution in [1.82, 2.24) is 0 Å². The lowest BCUT2D eigenvalue weighted by atomic mass is 9.96. The molecule has 1 aromatic carbocycles. The molecule has 0 bridgehead atoms. The van der Waals surface area contributed by atoms with Crippen LogP contribution in [0.25, 0.3) is 0 Å². The summed E-state index contributed by atoms with van der Waals surface area (Å²) in [6.45, 7) is 1.24. The van der Waals surface area contributed by atoms with Gasteiger partial charge in [0.25, 0.3) is 0 Å². The van der Waals surface area contributed by atoms with E-state index in [-0.39, 0.29) is 12.2 Å². The van der Waals surface area contributed by atoms with Crippen LogP contribution in [0.2, 0.25) is 5.02 Å². The predicted octanol–water partition coefficient (Wildman–Crippen LogP) is 1.84. The molecule has 0 saturated heterocycles. The van der Waals surface area contributed by atoms with Crippen LogP contribution in [0.1, 0.15) is 23.7 Å². The fourth-order valence-electron chi connectivity index (χ4n) is 1.34. The fraction of sp³-hybridized carbons (Fsp3) is 0.333. The first-order valence-corrected chi connectivity index (χ1v) is 5.34. The zero-order valence-electron chi connectivity index (χ0n) is 9.57. The number of hydrogen-bond donors (Lipinski definition) is 1. The molecule has 5 heteroatoms. The molecule has 0 aliphatic rings. The van der Waals surface area contributed by atoms with E-state index in [4.69, 9.17) is 11.6 Å². The van der Waals surface area contributed by atoms with Crippen molar-refractivity contribution in [1.29, 1.82) is 0 Å². The van der Waals surface area contributed by atoms with Gasteiger partial charge in [-0.05, 0) is 31.2 Å². The SMILES string of the molecule is COC(=O)[C@](C)(O)CC(=O)c1ccc(Cl)cc1. The van der Waals surface area contributed by atoms with E-state index in [1.54, 1.807) is 12.1 Å². The average Bonchev–Trinajstić information content (AvgIpc) is 2.28. The molecule has 0 saturated carbocycles. The van der Waals surface area contributed by atoms with Crippen LogP contribution in [0.5, 0.6) is 0 Å². The van der Waals surface area contributed by atoms with E-state index in [2.05, 4.69) is 4.74 Å². The minimum atomic E-state index is -1.81. The molecule has 0 aromatic heterocycles. The van der Waals surface area contributed by atoms with Gasteiger partial charge in [0.05, 0.1) is 13.5 Å². The normalized spacial score (nSPS) is 13.9. The lowest BCUT2D eigenvalue weighted by Crippen LogP contribution is -2.38. The standard InChI is InChI=1S/C12H13ClO4/c1-12(16,11(15)17-2)7-10(14)8-3-5-9(13)6-4-8/h3-6,16H,7H2,1-2H3/t12-/m1/s1. The number of carbonyl (C=O) groups is 2. The van der Waals surface area contributed by atoms with Crippen molar-refractivity contribution in [3.63, 3.8) is 0 Å². The van der Waals surface area contributed by atoms with Crippen molar-refractivity contribution in [2.45, 2.75) is 18.9 Å². The van der Waals surface area contributed by atoms with Crippen molar-refractivity contribution in [3.05, 3.63) is 34.9 Å². The number of aliphatic hydroxyl groups is 1. The first-order valence-electron chi connectivity index (χ1n) is 4.96. The number of carbonyl (C=O) groups excluding carboxylic acids is 2. The van der Waals surface area contributed by atoms with Crippen LogP contribution in [0, 0.1) is 0 Å². The molecule has 1 N–H and O–H groups in total. The monoisotopic (exact) mass is 256 g/mol. The van der Waals surface area contributed by atoms with E-state index in [0.29, 0.717) is 10.6 Å². The molecule has 0 radical (unpaired) electrons. The largest absolute Gasteiger partial charge is 0.467 e. The van der Waals surface area contributed by atoms with Crippen molar-refractivity contribution in [2.75, 3.05) is 7.11 Å². The van der Waals surface area contributed by atoms with E-state index in [1.165, 1.54) is 19.1 Å². The van der Waals surface area contributed by atoms with Gasteiger partial charge < -0.3 is 9.84 Å². The molecule has 92 valence electrons. The Labute approximate surface area is 104 Å². The predicted molar refractivity (Wildman–Crippen MR) is 63.0 cm³/mol. The smallest absolute Gasteiger partial charge is 0.338 e. The maximum atomic E-state index is 11.8. The highest BCUT2D eigenvalue weighted by Crippen LogP contribution is 2.17. The number of ketones is 1. The van der Waals surface area contributed by atoms with Gasteiger partial charge in [0.2, 0.25) is 0 Å². The van der Waals surface area contributed by atoms with E-state index in [1.807, 2.05) is 0 Å². The zero-order chi connectivity index (χ0) is 13.1. The van der Waals surface area contributed by atoms with E-state index in [0.717, 1.165) is 7.11 Å². The summed E-state index contributed by atoms with van der Waals surface area (Å²) >= 11 is 5.69. The second-order valence-corrected chi connectivity index (χ2v) is 4.31. The number of halogens is 1. The number of rotatable bonds is 4. The maximum absolute atomic E-state index is 11.8. The first-order chi connectivity index (χ1) is 7.86. The molecule has 17 heavy (non-hydrogen) atoms. The van der Waals surface area contributed by atoms with Gasteiger partial charge in [-0.3, -0.25) is 4.79 Å². The van der Waals surface area contributed by atoms with E-state index in [9.17, 15) is 14.7 Å². The summed E-state index contributed by atoms with van der Waals surface area (Å²) < 4.78 is 4.41. The third-order valence-corrected chi connectivity index (χ3v) is 2.55. The molecule has 1 atom stereocenters. The number of hydrogen-bond acceptors (Lipinski definition) is 4. The van der Waals surface area contributed by atoms with Gasteiger partial charge in [-0.25, -0.2) is 4.79 Å². The number of ether oxygens (including phenoxy) is 1. The molecule has 0 spiro atoms. The Morgan fingerprint density at radius 2 is 1.88 bits per heavy atom. The van der Waals surface area contributed by atoms with Gasteiger partial charge in [-0.15, -0.1) is 0 Å². The molecule has 1 aromatic rings. The molecule has 0 heterocycles. The maximum Gasteiger partial charge on any atom is 0.338 e. The summed E-state index contributed by atoms with van der Waals surface area (Å²) in [5, 5.41) is 10.3. The Kier molecular flexibility index (Phi) is 4.26. The fourth-order valence-corrected chi connectivity index (χ4v) is 1.47. The third-order valence-electron chi connectivity index (χ3n) is 2.30. The van der Waals surface area contributed by atoms with Crippen LogP contribution in [0.15, 0.2) is 24.3 Å². The molecular formula is C12H13ClO4. The van der Waals surface area contributed by atoms with Gasteiger partial charge in [0.1, 0.15) is 0 Å². The van der Waals surface area contributed by atoms with Gasteiger partial charge in [0, 0.05) is 10.6 Å². The Morgan fingerprint density at radius 3 is 2.35 bits per heavy atom. The highest BCUT2D eigenvalue weighted by molar-refractivity contribution is 6.30. The van der Waals surface area contributed by atoms with Crippen LogP contribution in [0.4, 0.5) is 0 Å². The summed E-state index contributed by atoms with van der Waals surface area (Å²) in [5.74, 6) is -1.18. The molecule has 0 aliphatic carbocycles. The van der Waals surface area contributed by atoms with E-state index >= 15 is 0 Å². The minimum absolute atomic E-state index is 0.332. The summed E-state index contributed by atoms with van der Waals surface area (Å²) in [6, 6.07) is 6.22. The van der Waals surface area contributed by atoms with Crippen molar-refractivity contribution >= 4 is 23.4 Å².